The van der Waals surface area contributed by atoms with Gasteiger partial charge < -0.3 is 10.2 Å². The molecule has 0 spiro atoms. The average molecular weight is 277 g/mol. The van der Waals surface area contributed by atoms with Gasteiger partial charge in [0, 0.05) is 19.1 Å². The van der Waals surface area contributed by atoms with Crippen LogP contribution in [0.5, 0.6) is 0 Å². The molecule has 0 aliphatic rings. The number of nitrogens with one attached hydrogen (secondary N) is 1. The van der Waals surface area contributed by atoms with Crippen LogP contribution >= 0.6 is 0 Å². The van der Waals surface area contributed by atoms with Gasteiger partial charge in [0.05, 0.1) is 11.9 Å². The van der Waals surface area contributed by atoms with Crippen LogP contribution in [0.25, 0.3) is 0 Å². The lowest BCUT2D eigenvalue weighted by Crippen LogP contribution is -2.23. The number of rotatable bonds is 10. The van der Waals surface area contributed by atoms with Gasteiger partial charge in [-0.3, -0.25) is 0 Å². The van der Waals surface area contributed by atoms with Gasteiger partial charge in [0.2, 0.25) is 0 Å². The van der Waals surface area contributed by atoms with Crippen molar-refractivity contribution in [1.82, 2.24) is 4.98 Å². The van der Waals surface area contributed by atoms with E-state index in [-0.39, 0.29) is 0 Å². The Kier molecular flexibility index (Phi) is 8.08. The maximum absolute atomic E-state index is 4.55. The van der Waals surface area contributed by atoms with Gasteiger partial charge in [-0.25, -0.2) is 4.98 Å². The monoisotopic (exact) mass is 277 g/mol. The molecule has 114 valence electrons. The van der Waals surface area contributed by atoms with Crippen LogP contribution < -0.4 is 10.2 Å². The summed E-state index contributed by atoms with van der Waals surface area (Å²) in [6, 6.07) is 4.77. The number of hydrogen-bond acceptors (Lipinski definition) is 3. The minimum absolute atomic E-state index is 0.521. The number of hydrogen-bond donors (Lipinski definition) is 1. The highest BCUT2D eigenvalue weighted by molar-refractivity contribution is 5.48. The van der Waals surface area contributed by atoms with Crippen molar-refractivity contribution in [2.45, 2.75) is 65.8 Å². The highest BCUT2D eigenvalue weighted by atomic mass is 15.2. The van der Waals surface area contributed by atoms with E-state index < -0.39 is 0 Å². The van der Waals surface area contributed by atoms with Crippen LogP contribution in [0.4, 0.5) is 11.5 Å². The Balaban J connectivity index is 2.40. The Morgan fingerprint density at radius 1 is 1.10 bits per heavy atom. The molecule has 0 radical (unpaired) electrons. The Labute approximate surface area is 124 Å². The van der Waals surface area contributed by atoms with Crippen LogP contribution in [0.1, 0.15) is 59.8 Å². The van der Waals surface area contributed by atoms with Gasteiger partial charge in [0.15, 0.2) is 0 Å². The first-order valence-electron chi connectivity index (χ1n) is 8.18. The lowest BCUT2D eigenvalue weighted by Gasteiger charge is -2.20. The zero-order chi connectivity index (χ0) is 14.8. The first-order valence-corrected chi connectivity index (χ1v) is 8.18. The minimum atomic E-state index is 0.521. The third kappa shape index (κ3) is 5.81. The molecule has 1 atom stereocenters. The lowest BCUT2D eigenvalue weighted by atomic mass is 10.1. The van der Waals surface area contributed by atoms with E-state index in [1.165, 1.54) is 32.1 Å². The van der Waals surface area contributed by atoms with Gasteiger partial charge in [-0.05, 0) is 39.3 Å². The van der Waals surface area contributed by atoms with Gasteiger partial charge in [-0.15, -0.1) is 0 Å². The number of pyridine rings is 1. The smallest absolute Gasteiger partial charge is 0.128 e. The Bertz CT molecular complexity index is 344. The van der Waals surface area contributed by atoms with Crippen molar-refractivity contribution in [3.05, 3.63) is 18.3 Å². The largest absolute Gasteiger partial charge is 0.381 e. The molecular formula is C17H31N3. The molecule has 1 aromatic heterocycles. The lowest BCUT2D eigenvalue weighted by molar-refractivity contribution is 0.594. The van der Waals surface area contributed by atoms with Gasteiger partial charge in [0.1, 0.15) is 5.82 Å². The number of unbranched alkanes of at least 4 members (excludes halogenated alkanes) is 3. The van der Waals surface area contributed by atoms with Crippen molar-refractivity contribution in [3.8, 4) is 0 Å². The number of nitrogens with zero attached hydrogens (tertiary/aromatic N) is 2. The molecule has 1 rings (SSSR count). The van der Waals surface area contributed by atoms with Crippen LogP contribution in [-0.4, -0.2) is 24.1 Å². The standard InChI is InChI=1S/C17H31N3/c1-5-8-9-10-11-15(4)19-16-12-13-17(18-14-16)20(6-2)7-3/h12-15,19H,5-11H2,1-4H3. The van der Waals surface area contributed by atoms with E-state index in [1.807, 2.05) is 6.20 Å². The van der Waals surface area contributed by atoms with E-state index in [0.717, 1.165) is 24.6 Å². The first kappa shape index (κ1) is 16.8. The van der Waals surface area contributed by atoms with E-state index in [1.54, 1.807) is 0 Å². The molecule has 0 aliphatic carbocycles. The zero-order valence-electron chi connectivity index (χ0n) is 13.7. The maximum atomic E-state index is 4.55. The van der Waals surface area contributed by atoms with Crippen LogP contribution in [0.2, 0.25) is 0 Å². The van der Waals surface area contributed by atoms with E-state index in [9.17, 15) is 0 Å². The van der Waals surface area contributed by atoms with Crippen LogP contribution in [-0.2, 0) is 0 Å². The summed E-state index contributed by atoms with van der Waals surface area (Å²) >= 11 is 0. The second kappa shape index (κ2) is 9.62. The Morgan fingerprint density at radius 2 is 1.85 bits per heavy atom. The minimum Gasteiger partial charge on any atom is -0.381 e. The number of anilines is 2. The quantitative estimate of drug-likeness (QED) is 0.628. The molecule has 1 aromatic rings. The highest BCUT2D eigenvalue weighted by Crippen LogP contribution is 2.16. The summed E-state index contributed by atoms with van der Waals surface area (Å²) in [5, 5.41) is 3.54. The molecule has 20 heavy (non-hydrogen) atoms. The fourth-order valence-corrected chi connectivity index (χ4v) is 2.44. The van der Waals surface area contributed by atoms with Crippen molar-refractivity contribution in [3.63, 3.8) is 0 Å². The maximum Gasteiger partial charge on any atom is 0.128 e. The van der Waals surface area contributed by atoms with Crippen molar-refractivity contribution >= 4 is 11.5 Å². The molecule has 0 amide bonds. The molecule has 3 heteroatoms. The van der Waals surface area contributed by atoms with Crippen molar-refractivity contribution in [2.75, 3.05) is 23.3 Å². The van der Waals surface area contributed by atoms with Crippen LogP contribution in [0.15, 0.2) is 18.3 Å². The van der Waals surface area contributed by atoms with Crippen molar-refractivity contribution in [1.29, 1.82) is 0 Å². The molecule has 0 saturated carbocycles. The van der Waals surface area contributed by atoms with Crippen molar-refractivity contribution in [2.24, 2.45) is 0 Å². The molecule has 1 unspecified atom stereocenters. The average Bonchev–Trinajstić information content (AvgIpc) is 2.47. The Hall–Kier alpha value is -1.25. The fraction of sp³-hybridized carbons (Fsp3) is 0.706. The summed E-state index contributed by atoms with van der Waals surface area (Å²) in [5.74, 6) is 1.07. The molecular weight excluding hydrogens is 246 g/mol. The third-order valence-electron chi connectivity index (χ3n) is 3.74. The predicted octanol–water partition coefficient (Wildman–Crippen LogP) is 4.70. The van der Waals surface area contributed by atoms with Gasteiger partial charge in [-0.2, -0.15) is 0 Å². The normalized spacial score (nSPS) is 12.2. The summed E-state index contributed by atoms with van der Waals surface area (Å²) in [5.41, 5.74) is 1.13. The summed E-state index contributed by atoms with van der Waals surface area (Å²) in [6.07, 6.45) is 8.51. The highest BCUT2D eigenvalue weighted by Gasteiger charge is 2.05. The van der Waals surface area contributed by atoms with E-state index in [0.29, 0.717) is 6.04 Å². The third-order valence-corrected chi connectivity index (χ3v) is 3.74. The summed E-state index contributed by atoms with van der Waals surface area (Å²) in [4.78, 5) is 6.81. The van der Waals surface area contributed by atoms with Crippen molar-refractivity contribution < 1.29 is 0 Å². The van der Waals surface area contributed by atoms with Crippen LogP contribution in [0.3, 0.4) is 0 Å². The molecule has 0 aromatic carbocycles. The molecule has 0 bridgehead atoms. The molecule has 3 nitrogen and oxygen atoms in total. The summed E-state index contributed by atoms with van der Waals surface area (Å²) in [7, 11) is 0. The van der Waals surface area contributed by atoms with E-state index in [4.69, 9.17) is 0 Å². The zero-order valence-corrected chi connectivity index (χ0v) is 13.7. The van der Waals surface area contributed by atoms with Gasteiger partial charge in [0.25, 0.3) is 0 Å². The Morgan fingerprint density at radius 3 is 2.40 bits per heavy atom. The molecule has 0 aliphatic heterocycles. The second-order valence-electron chi connectivity index (χ2n) is 5.47. The molecule has 1 N–H and O–H groups in total. The topological polar surface area (TPSA) is 28.2 Å². The van der Waals surface area contributed by atoms with E-state index >= 15 is 0 Å². The molecule has 1 heterocycles. The fourth-order valence-electron chi connectivity index (χ4n) is 2.44. The molecule has 0 saturated heterocycles. The van der Waals surface area contributed by atoms with Gasteiger partial charge >= 0.3 is 0 Å². The van der Waals surface area contributed by atoms with E-state index in [2.05, 4.69) is 55.0 Å². The predicted molar refractivity (Wildman–Crippen MR) is 89.6 cm³/mol. The first-order chi connectivity index (χ1) is 9.71. The summed E-state index contributed by atoms with van der Waals surface area (Å²) < 4.78 is 0. The SMILES string of the molecule is CCCCCCC(C)Nc1ccc(N(CC)CC)nc1. The number of aromatic nitrogens is 1. The van der Waals surface area contributed by atoms with Gasteiger partial charge in [-0.1, -0.05) is 32.6 Å². The second-order valence-corrected chi connectivity index (χ2v) is 5.47. The molecule has 0 fully saturated rings. The summed E-state index contributed by atoms with van der Waals surface area (Å²) in [6.45, 7) is 10.8. The van der Waals surface area contributed by atoms with Crippen LogP contribution in [0, 0.1) is 0 Å².